The van der Waals surface area contributed by atoms with Crippen molar-refractivity contribution in [1.82, 2.24) is 4.90 Å². The second-order valence-corrected chi connectivity index (χ2v) is 9.36. The van der Waals surface area contributed by atoms with Crippen molar-refractivity contribution in [3.05, 3.63) is 35.9 Å². The highest BCUT2D eigenvalue weighted by molar-refractivity contribution is 7.92. The maximum atomic E-state index is 13.5. The Balaban J connectivity index is 2.22. The first-order valence-corrected chi connectivity index (χ1v) is 9.61. The van der Waals surface area contributed by atoms with E-state index in [1.807, 2.05) is 6.07 Å². The topological polar surface area (TPSA) is 104 Å². The Morgan fingerprint density at radius 1 is 1.44 bits per heavy atom. The molecule has 6 nitrogen and oxygen atoms in total. The molecular formula is C17H22FN3O3S. The molecule has 3 atom stereocenters. The quantitative estimate of drug-likeness (QED) is 0.841. The molecule has 1 aliphatic rings. The number of nitriles is 1. The van der Waals surface area contributed by atoms with Gasteiger partial charge in [0.15, 0.2) is 9.84 Å². The lowest BCUT2D eigenvalue weighted by molar-refractivity contribution is -0.133. The number of carbonyl (C=O) groups is 1. The van der Waals surface area contributed by atoms with Crippen molar-refractivity contribution in [3.8, 4) is 6.07 Å². The van der Waals surface area contributed by atoms with Crippen LogP contribution in [0.15, 0.2) is 30.3 Å². The molecule has 0 radical (unpaired) electrons. The number of likely N-dealkylation sites (tertiary alicyclic amines) is 1. The molecule has 1 heterocycles. The fourth-order valence-electron chi connectivity index (χ4n) is 2.80. The summed E-state index contributed by atoms with van der Waals surface area (Å²) in [5.74, 6) is -0.969. The fraction of sp³-hybridized carbons (Fsp3) is 0.529. The number of nitrogens with zero attached hydrogens (tertiary/aromatic N) is 2. The second kappa shape index (κ2) is 7.10. The Bertz CT molecular complexity index is 774. The summed E-state index contributed by atoms with van der Waals surface area (Å²) in [6.45, 7) is 2.54. The largest absolute Gasteiger partial charge is 0.322 e. The van der Waals surface area contributed by atoms with Crippen molar-refractivity contribution in [2.45, 2.75) is 49.0 Å². The predicted molar refractivity (Wildman–Crippen MR) is 91.7 cm³/mol. The molecule has 2 N–H and O–H groups in total. The maximum absolute atomic E-state index is 13.5. The summed E-state index contributed by atoms with van der Waals surface area (Å²) < 4.78 is 37.6. The molecule has 1 fully saturated rings. The molecule has 136 valence electrons. The SMILES string of the molecule is CC(C)(C(N)C(=O)N1CC(F)CC1C#N)S(=O)(=O)Cc1ccccc1. The number of alkyl halides is 1. The molecule has 1 amide bonds. The molecule has 1 aromatic rings. The van der Waals surface area contributed by atoms with Crippen LogP contribution in [0.5, 0.6) is 0 Å². The lowest BCUT2D eigenvalue weighted by atomic mass is 10.0. The highest BCUT2D eigenvalue weighted by Crippen LogP contribution is 2.28. The molecule has 0 saturated carbocycles. The van der Waals surface area contributed by atoms with Gasteiger partial charge in [-0.1, -0.05) is 30.3 Å². The van der Waals surface area contributed by atoms with E-state index in [1.165, 1.54) is 13.8 Å². The number of hydrogen-bond donors (Lipinski definition) is 1. The van der Waals surface area contributed by atoms with Crippen molar-refractivity contribution in [2.75, 3.05) is 6.54 Å². The van der Waals surface area contributed by atoms with Crippen molar-refractivity contribution < 1.29 is 17.6 Å². The number of rotatable bonds is 5. The first-order valence-electron chi connectivity index (χ1n) is 7.96. The van der Waals surface area contributed by atoms with Gasteiger partial charge in [0.2, 0.25) is 5.91 Å². The van der Waals surface area contributed by atoms with E-state index in [1.54, 1.807) is 30.3 Å². The van der Waals surface area contributed by atoms with Crippen LogP contribution in [0, 0.1) is 11.3 Å². The molecule has 1 saturated heterocycles. The maximum Gasteiger partial charge on any atom is 0.242 e. The summed E-state index contributed by atoms with van der Waals surface area (Å²) in [7, 11) is -3.77. The third-order valence-electron chi connectivity index (χ3n) is 4.70. The van der Waals surface area contributed by atoms with E-state index in [0.717, 1.165) is 4.90 Å². The third kappa shape index (κ3) is 3.83. The summed E-state index contributed by atoms with van der Waals surface area (Å²) in [6, 6.07) is 8.16. The van der Waals surface area contributed by atoms with Gasteiger partial charge >= 0.3 is 0 Å². The first kappa shape index (κ1) is 19.3. The van der Waals surface area contributed by atoms with Crippen molar-refractivity contribution >= 4 is 15.7 Å². The minimum atomic E-state index is -3.77. The van der Waals surface area contributed by atoms with Gasteiger partial charge in [0.05, 0.1) is 23.1 Å². The monoisotopic (exact) mass is 367 g/mol. The van der Waals surface area contributed by atoms with Crippen molar-refractivity contribution in [3.63, 3.8) is 0 Å². The van der Waals surface area contributed by atoms with E-state index in [2.05, 4.69) is 0 Å². The zero-order valence-electron chi connectivity index (χ0n) is 14.2. The van der Waals surface area contributed by atoms with Gasteiger partial charge in [-0.15, -0.1) is 0 Å². The van der Waals surface area contributed by atoms with E-state index >= 15 is 0 Å². The normalized spacial score (nSPS) is 22.4. The van der Waals surface area contributed by atoms with Crippen LogP contribution in [0.25, 0.3) is 0 Å². The standard InChI is InChI=1S/C17H22FN3O3S/c1-17(2,25(23,24)11-12-6-4-3-5-7-12)15(20)16(22)21-10-13(18)8-14(21)9-19/h3-7,13-15H,8,10-11,20H2,1-2H3. The van der Waals surface area contributed by atoms with Crippen molar-refractivity contribution in [1.29, 1.82) is 5.26 Å². The molecule has 0 bridgehead atoms. The molecule has 25 heavy (non-hydrogen) atoms. The summed E-state index contributed by atoms with van der Waals surface area (Å²) in [5, 5.41) is 9.07. The Kier molecular flexibility index (Phi) is 5.49. The van der Waals surface area contributed by atoms with E-state index in [-0.39, 0.29) is 18.7 Å². The van der Waals surface area contributed by atoms with E-state index in [0.29, 0.717) is 5.56 Å². The number of nitrogens with two attached hydrogens (primary N) is 1. The van der Waals surface area contributed by atoms with E-state index in [9.17, 15) is 17.6 Å². The summed E-state index contributed by atoms with van der Waals surface area (Å²) >= 11 is 0. The van der Waals surface area contributed by atoms with Crippen molar-refractivity contribution in [2.24, 2.45) is 5.73 Å². The first-order chi connectivity index (χ1) is 11.6. The molecular weight excluding hydrogens is 345 g/mol. The highest BCUT2D eigenvalue weighted by atomic mass is 32.2. The van der Waals surface area contributed by atoms with E-state index < -0.39 is 38.7 Å². The molecule has 1 aromatic carbocycles. The second-order valence-electron chi connectivity index (χ2n) is 6.79. The average Bonchev–Trinajstić information content (AvgIpc) is 2.94. The lowest BCUT2D eigenvalue weighted by Gasteiger charge is -2.33. The number of carbonyl (C=O) groups excluding carboxylic acids is 1. The van der Waals surface area contributed by atoms with Gasteiger partial charge in [0.25, 0.3) is 0 Å². The summed E-state index contributed by atoms with van der Waals surface area (Å²) in [4.78, 5) is 13.7. The van der Waals surface area contributed by atoms with E-state index in [4.69, 9.17) is 11.0 Å². The van der Waals surface area contributed by atoms with Gasteiger partial charge in [0.1, 0.15) is 18.3 Å². The average molecular weight is 367 g/mol. The molecule has 1 aliphatic heterocycles. The Morgan fingerprint density at radius 2 is 2.04 bits per heavy atom. The minimum absolute atomic E-state index is 0.0772. The van der Waals surface area contributed by atoms with Crippen LogP contribution in [0.1, 0.15) is 25.8 Å². The van der Waals surface area contributed by atoms with Crippen LogP contribution >= 0.6 is 0 Å². The Hall–Kier alpha value is -1.98. The van der Waals surface area contributed by atoms with Gasteiger partial charge < -0.3 is 10.6 Å². The van der Waals surface area contributed by atoms with Gasteiger partial charge in [-0.25, -0.2) is 12.8 Å². The molecule has 0 aromatic heterocycles. The summed E-state index contributed by atoms with van der Waals surface area (Å²) in [6.07, 6.45) is -1.38. The van der Waals surface area contributed by atoms with Gasteiger partial charge in [-0.3, -0.25) is 4.79 Å². The van der Waals surface area contributed by atoms with Crippen LogP contribution in [0.3, 0.4) is 0 Å². The number of sulfone groups is 1. The van der Waals surface area contributed by atoms with Gasteiger partial charge in [-0.2, -0.15) is 5.26 Å². The van der Waals surface area contributed by atoms with Gasteiger partial charge in [0, 0.05) is 6.42 Å². The fourth-order valence-corrected chi connectivity index (χ4v) is 4.29. The molecule has 3 unspecified atom stereocenters. The van der Waals surface area contributed by atoms with Crippen LogP contribution in [0.4, 0.5) is 4.39 Å². The molecule has 8 heteroatoms. The Morgan fingerprint density at radius 3 is 2.60 bits per heavy atom. The zero-order chi connectivity index (χ0) is 18.8. The highest BCUT2D eigenvalue weighted by Gasteiger charge is 2.47. The van der Waals surface area contributed by atoms with Crippen LogP contribution < -0.4 is 5.73 Å². The zero-order valence-corrected chi connectivity index (χ0v) is 15.0. The summed E-state index contributed by atoms with van der Waals surface area (Å²) in [5.41, 5.74) is 6.57. The minimum Gasteiger partial charge on any atom is -0.322 e. The number of amides is 1. The third-order valence-corrected chi connectivity index (χ3v) is 7.27. The van der Waals surface area contributed by atoms with Crippen LogP contribution in [-0.4, -0.2) is 48.8 Å². The van der Waals surface area contributed by atoms with Crippen LogP contribution in [0.2, 0.25) is 0 Å². The number of halogens is 1. The van der Waals surface area contributed by atoms with Crippen LogP contribution in [-0.2, 0) is 20.4 Å². The molecule has 0 aliphatic carbocycles. The predicted octanol–water partition coefficient (Wildman–Crippen LogP) is 1.17. The Labute approximate surface area is 147 Å². The lowest BCUT2D eigenvalue weighted by Crippen LogP contribution is -2.59. The van der Waals surface area contributed by atoms with Gasteiger partial charge in [-0.05, 0) is 19.4 Å². The molecule has 0 spiro atoms. The number of benzene rings is 1. The number of hydrogen-bond acceptors (Lipinski definition) is 5. The molecule has 2 rings (SSSR count). The smallest absolute Gasteiger partial charge is 0.242 e.